The molecule has 0 bridgehead atoms. The molecule has 0 saturated carbocycles. The van der Waals surface area contributed by atoms with Crippen LogP contribution in [0.1, 0.15) is 22.5 Å². The molecule has 1 aliphatic heterocycles. The van der Waals surface area contributed by atoms with Gasteiger partial charge in [-0.15, -0.1) is 0 Å². The van der Waals surface area contributed by atoms with Crippen molar-refractivity contribution in [2.45, 2.75) is 32.1 Å². The van der Waals surface area contributed by atoms with Gasteiger partial charge in [-0.25, -0.2) is 4.39 Å². The van der Waals surface area contributed by atoms with Gasteiger partial charge < -0.3 is 9.47 Å². The van der Waals surface area contributed by atoms with Crippen molar-refractivity contribution in [1.82, 2.24) is 14.5 Å². The van der Waals surface area contributed by atoms with Gasteiger partial charge in [-0.1, -0.05) is 17.7 Å². The Kier molecular flexibility index (Phi) is 4.83. The van der Waals surface area contributed by atoms with Gasteiger partial charge in [0.05, 0.1) is 5.52 Å². The summed E-state index contributed by atoms with van der Waals surface area (Å²) >= 11 is 6.07. The fraction of sp³-hybridized carbons (Fsp3) is 0.350. The van der Waals surface area contributed by atoms with Crippen molar-refractivity contribution in [3.63, 3.8) is 0 Å². The van der Waals surface area contributed by atoms with Gasteiger partial charge in [0, 0.05) is 48.4 Å². The van der Waals surface area contributed by atoms with Crippen LogP contribution in [0.3, 0.4) is 0 Å². The monoisotopic (exact) mass is 411 g/mol. The highest BCUT2D eigenvalue weighted by molar-refractivity contribution is 6.31. The molecule has 0 aliphatic carbocycles. The Bertz CT molecular complexity index is 1020. The molecule has 4 rings (SSSR count). The van der Waals surface area contributed by atoms with Gasteiger partial charge in [-0.3, -0.25) is 4.98 Å². The number of hydrogen-bond acceptors (Lipinski definition) is 2. The van der Waals surface area contributed by atoms with Crippen LogP contribution in [-0.2, 0) is 32.1 Å². The first-order valence-corrected chi connectivity index (χ1v) is 9.31. The van der Waals surface area contributed by atoms with Crippen molar-refractivity contribution < 1.29 is 17.6 Å². The third kappa shape index (κ3) is 3.49. The molecule has 0 saturated heterocycles. The van der Waals surface area contributed by atoms with Gasteiger partial charge in [0.2, 0.25) is 0 Å². The summed E-state index contributed by atoms with van der Waals surface area (Å²) in [5.74, 6) is -0.384. The highest BCUT2D eigenvalue weighted by Gasteiger charge is 2.32. The summed E-state index contributed by atoms with van der Waals surface area (Å²) in [7, 11) is 2.01. The molecule has 3 aromatic rings. The van der Waals surface area contributed by atoms with E-state index in [-0.39, 0.29) is 5.82 Å². The minimum Gasteiger partial charge on any atom is -0.342 e. The third-order valence-corrected chi connectivity index (χ3v) is 5.41. The first kappa shape index (κ1) is 19.2. The number of halogens is 5. The number of rotatable bonds is 3. The van der Waals surface area contributed by atoms with Crippen molar-refractivity contribution >= 4 is 22.5 Å². The maximum atomic E-state index is 14.7. The van der Waals surface area contributed by atoms with E-state index in [4.69, 9.17) is 11.6 Å². The molecule has 0 spiro atoms. The predicted octanol–water partition coefficient (Wildman–Crippen LogP) is 5.08. The Labute approximate surface area is 164 Å². The highest BCUT2D eigenvalue weighted by Crippen LogP contribution is 2.34. The molecule has 1 aliphatic rings. The van der Waals surface area contributed by atoms with Crippen LogP contribution in [0.5, 0.6) is 0 Å². The fourth-order valence-corrected chi connectivity index (χ4v) is 4.06. The Morgan fingerprint density at radius 3 is 2.68 bits per heavy atom. The van der Waals surface area contributed by atoms with Gasteiger partial charge in [-0.2, -0.15) is 13.2 Å². The van der Waals surface area contributed by atoms with Crippen LogP contribution in [-0.4, -0.2) is 28.0 Å². The van der Waals surface area contributed by atoms with Gasteiger partial charge in [0.25, 0.3) is 0 Å². The van der Waals surface area contributed by atoms with E-state index in [1.54, 1.807) is 6.07 Å². The van der Waals surface area contributed by atoms with Crippen molar-refractivity contribution in [1.29, 1.82) is 0 Å². The summed E-state index contributed by atoms with van der Waals surface area (Å²) in [6.45, 7) is 2.03. The fourth-order valence-electron chi connectivity index (χ4n) is 3.86. The quantitative estimate of drug-likeness (QED) is 0.560. The summed E-state index contributed by atoms with van der Waals surface area (Å²) in [6.07, 6.45) is -1.98. The zero-order chi connectivity index (χ0) is 20.1. The number of nitrogens with zero attached hydrogens (tertiary/aromatic N) is 3. The topological polar surface area (TPSA) is 21.1 Å². The molecule has 28 heavy (non-hydrogen) atoms. The minimum atomic E-state index is -4.46. The molecule has 0 N–H and O–H groups in total. The Balaban J connectivity index is 1.69. The van der Waals surface area contributed by atoms with Crippen molar-refractivity contribution in [2.75, 3.05) is 13.6 Å². The predicted molar refractivity (Wildman–Crippen MR) is 99.9 cm³/mol. The van der Waals surface area contributed by atoms with Gasteiger partial charge in [0.1, 0.15) is 11.5 Å². The summed E-state index contributed by atoms with van der Waals surface area (Å²) < 4.78 is 54.7. The summed E-state index contributed by atoms with van der Waals surface area (Å²) in [5.41, 5.74) is 2.39. The lowest BCUT2D eigenvalue weighted by atomic mass is 10.0. The Morgan fingerprint density at radius 1 is 1.21 bits per heavy atom. The summed E-state index contributed by atoms with van der Waals surface area (Å²) in [4.78, 5) is 5.68. The molecule has 3 heterocycles. The van der Waals surface area contributed by atoms with E-state index in [2.05, 4.69) is 9.88 Å². The van der Waals surface area contributed by atoms with Crippen LogP contribution in [0.4, 0.5) is 17.6 Å². The van der Waals surface area contributed by atoms with Gasteiger partial charge >= 0.3 is 6.18 Å². The lowest BCUT2D eigenvalue weighted by molar-refractivity contribution is -0.141. The molecule has 0 atom stereocenters. The average molecular weight is 412 g/mol. The molecule has 0 amide bonds. The van der Waals surface area contributed by atoms with E-state index in [0.29, 0.717) is 35.6 Å². The molecule has 0 unspecified atom stereocenters. The van der Waals surface area contributed by atoms with E-state index in [9.17, 15) is 17.6 Å². The van der Waals surface area contributed by atoms with E-state index in [0.717, 1.165) is 35.7 Å². The molecule has 8 heteroatoms. The zero-order valence-corrected chi connectivity index (χ0v) is 15.9. The van der Waals surface area contributed by atoms with E-state index in [1.807, 2.05) is 11.6 Å². The van der Waals surface area contributed by atoms with E-state index in [1.165, 1.54) is 18.3 Å². The third-order valence-electron chi connectivity index (χ3n) is 5.19. The molecule has 2 aromatic heterocycles. The number of likely N-dealkylation sites (N-methyl/N-ethyl adjacent to an activating group) is 1. The van der Waals surface area contributed by atoms with Crippen LogP contribution in [0, 0.1) is 5.82 Å². The number of fused-ring (bicyclic) bond motifs is 3. The molecule has 1 aromatic carbocycles. The molecule has 0 fully saturated rings. The van der Waals surface area contributed by atoms with Crippen LogP contribution in [0.15, 0.2) is 30.5 Å². The second-order valence-electron chi connectivity index (χ2n) is 7.15. The van der Waals surface area contributed by atoms with Crippen molar-refractivity contribution in [2.24, 2.45) is 0 Å². The standard InChI is InChI=1S/C20H18ClF4N3/c1-27-6-5-17-15(11-27)14-8-13(21)9-16(22)19(14)28(17)7-4-12-2-3-18(26-10-12)20(23,24)25/h2-3,8-10H,4-7,11H2,1H3. The smallest absolute Gasteiger partial charge is 0.342 e. The number of aromatic nitrogens is 2. The number of pyridine rings is 1. The number of aryl methyl sites for hydroxylation is 2. The van der Waals surface area contributed by atoms with Crippen LogP contribution < -0.4 is 0 Å². The zero-order valence-electron chi connectivity index (χ0n) is 15.2. The van der Waals surface area contributed by atoms with E-state index >= 15 is 0 Å². The lowest BCUT2D eigenvalue weighted by Gasteiger charge is -2.24. The number of hydrogen-bond donors (Lipinski definition) is 0. The second-order valence-corrected chi connectivity index (χ2v) is 7.58. The summed E-state index contributed by atoms with van der Waals surface area (Å²) in [6, 6.07) is 5.49. The molecule has 0 radical (unpaired) electrons. The van der Waals surface area contributed by atoms with Crippen LogP contribution in [0.2, 0.25) is 5.02 Å². The normalized spacial score (nSPS) is 15.2. The molecule has 148 valence electrons. The molecule has 3 nitrogen and oxygen atoms in total. The lowest BCUT2D eigenvalue weighted by Crippen LogP contribution is -2.27. The Morgan fingerprint density at radius 2 is 2.00 bits per heavy atom. The minimum absolute atomic E-state index is 0.352. The second kappa shape index (κ2) is 7.04. The number of benzene rings is 1. The van der Waals surface area contributed by atoms with Crippen LogP contribution >= 0.6 is 11.6 Å². The van der Waals surface area contributed by atoms with E-state index < -0.39 is 11.9 Å². The maximum Gasteiger partial charge on any atom is 0.433 e. The van der Waals surface area contributed by atoms with Gasteiger partial charge in [-0.05, 0) is 42.8 Å². The Hall–Kier alpha value is -2.12. The largest absolute Gasteiger partial charge is 0.433 e. The number of alkyl halides is 3. The van der Waals surface area contributed by atoms with Crippen molar-refractivity contribution in [3.05, 3.63) is 63.8 Å². The maximum absolute atomic E-state index is 14.7. The average Bonchev–Trinajstić information content (AvgIpc) is 2.93. The first-order valence-electron chi connectivity index (χ1n) is 8.93. The molecular formula is C20H18ClF4N3. The van der Waals surface area contributed by atoms with Crippen LogP contribution in [0.25, 0.3) is 10.9 Å². The van der Waals surface area contributed by atoms with Crippen molar-refractivity contribution in [3.8, 4) is 0 Å². The first-order chi connectivity index (χ1) is 13.2. The highest BCUT2D eigenvalue weighted by atomic mass is 35.5. The SMILES string of the molecule is CN1CCc2c(c3cc(Cl)cc(F)c3n2CCc2ccc(C(F)(F)F)nc2)C1. The summed E-state index contributed by atoms with van der Waals surface area (Å²) in [5, 5.41) is 1.15. The van der Waals surface area contributed by atoms with Gasteiger partial charge in [0.15, 0.2) is 0 Å². The molecular weight excluding hydrogens is 394 g/mol.